The zero-order valence-corrected chi connectivity index (χ0v) is 8.05. The van der Waals surface area contributed by atoms with Gasteiger partial charge in [-0.3, -0.25) is 0 Å². The van der Waals surface area contributed by atoms with E-state index >= 15 is 0 Å². The van der Waals surface area contributed by atoms with E-state index in [-0.39, 0.29) is 18.5 Å². The van der Waals surface area contributed by atoms with Crippen molar-refractivity contribution in [2.75, 3.05) is 0 Å². The van der Waals surface area contributed by atoms with Gasteiger partial charge in [-0.15, -0.1) is 0 Å². The topological polar surface area (TPSA) is 91.3 Å². The Morgan fingerprint density at radius 1 is 1.67 bits per heavy atom. The lowest BCUT2D eigenvalue weighted by Gasteiger charge is -2.06. The summed E-state index contributed by atoms with van der Waals surface area (Å²) in [5.74, 6) is 0.365. The Labute approximate surface area is 86.2 Å². The molecule has 1 aliphatic carbocycles. The number of rotatable bonds is 4. The van der Waals surface area contributed by atoms with E-state index in [1.165, 1.54) is 12.3 Å². The molecule has 2 rings (SSSR count). The van der Waals surface area contributed by atoms with Crippen molar-refractivity contribution in [3.05, 3.63) is 27.9 Å². The van der Waals surface area contributed by atoms with E-state index in [4.69, 9.17) is 10.5 Å². The van der Waals surface area contributed by atoms with Crippen molar-refractivity contribution in [1.29, 1.82) is 0 Å². The maximum absolute atomic E-state index is 10.5. The molecule has 1 aromatic heterocycles. The molecule has 0 atom stereocenters. The van der Waals surface area contributed by atoms with Crippen LogP contribution in [0.3, 0.4) is 0 Å². The molecule has 0 bridgehead atoms. The molecule has 0 spiro atoms. The van der Waals surface area contributed by atoms with Gasteiger partial charge in [0.15, 0.2) is 11.9 Å². The Hall–Kier alpha value is -1.69. The molecule has 0 saturated heterocycles. The summed E-state index contributed by atoms with van der Waals surface area (Å²) >= 11 is 0. The zero-order valence-electron chi connectivity index (χ0n) is 8.05. The molecule has 0 aliphatic heterocycles. The quantitative estimate of drug-likeness (QED) is 0.589. The molecule has 1 fully saturated rings. The van der Waals surface area contributed by atoms with E-state index in [0.717, 1.165) is 12.8 Å². The van der Waals surface area contributed by atoms with E-state index in [1.807, 2.05) is 0 Å². The summed E-state index contributed by atoms with van der Waals surface area (Å²) in [5, 5.41) is 10.5. The summed E-state index contributed by atoms with van der Waals surface area (Å²) in [6, 6.07) is 1.36. The maximum Gasteiger partial charge on any atom is 0.363 e. The second-order valence-electron chi connectivity index (χ2n) is 3.43. The minimum absolute atomic E-state index is 0.196. The molecule has 1 aromatic rings. The van der Waals surface area contributed by atoms with E-state index in [0.29, 0.717) is 11.3 Å². The lowest BCUT2D eigenvalue weighted by Crippen LogP contribution is -2.05. The number of hydrogen-bond acceptors (Lipinski definition) is 5. The predicted octanol–water partition coefficient (Wildman–Crippen LogP) is 0.990. The van der Waals surface area contributed by atoms with Crippen LogP contribution in [-0.2, 0) is 6.54 Å². The van der Waals surface area contributed by atoms with Gasteiger partial charge in [0.2, 0.25) is 0 Å². The third-order valence-corrected chi connectivity index (χ3v) is 2.16. The first-order valence-corrected chi connectivity index (χ1v) is 4.70. The highest BCUT2D eigenvalue weighted by molar-refractivity contribution is 5.37. The molecule has 1 saturated carbocycles. The van der Waals surface area contributed by atoms with Gasteiger partial charge in [-0.25, -0.2) is 0 Å². The Bertz CT molecular complexity index is 390. The van der Waals surface area contributed by atoms with Crippen LogP contribution in [0.1, 0.15) is 18.4 Å². The summed E-state index contributed by atoms with van der Waals surface area (Å²) in [6.07, 6.45) is 3.67. The molecule has 0 aromatic carbocycles. The second kappa shape index (κ2) is 3.82. The van der Waals surface area contributed by atoms with Crippen LogP contribution in [0.2, 0.25) is 0 Å². The number of aromatic nitrogens is 1. The molecular weight excluding hydrogens is 198 g/mol. The van der Waals surface area contributed by atoms with E-state index in [1.54, 1.807) is 0 Å². The van der Waals surface area contributed by atoms with Crippen molar-refractivity contribution in [1.82, 2.24) is 4.98 Å². The van der Waals surface area contributed by atoms with Gasteiger partial charge in [0, 0.05) is 18.2 Å². The molecule has 1 heterocycles. The van der Waals surface area contributed by atoms with Crippen molar-refractivity contribution in [3.63, 3.8) is 0 Å². The van der Waals surface area contributed by atoms with Gasteiger partial charge in [-0.2, -0.15) is 0 Å². The average Bonchev–Trinajstić information content (AvgIpc) is 3.02. The largest absolute Gasteiger partial charge is 0.486 e. The van der Waals surface area contributed by atoms with Gasteiger partial charge >= 0.3 is 5.82 Å². The van der Waals surface area contributed by atoms with Gasteiger partial charge in [0.1, 0.15) is 0 Å². The van der Waals surface area contributed by atoms with Gasteiger partial charge < -0.3 is 20.6 Å². The highest BCUT2D eigenvalue weighted by atomic mass is 16.6. The summed E-state index contributed by atoms with van der Waals surface area (Å²) in [7, 11) is 0. The van der Waals surface area contributed by atoms with Crippen LogP contribution < -0.4 is 10.5 Å². The summed E-state index contributed by atoms with van der Waals surface area (Å²) in [4.78, 5) is 13.6. The molecule has 0 amide bonds. The van der Waals surface area contributed by atoms with Crippen molar-refractivity contribution >= 4 is 5.82 Å². The van der Waals surface area contributed by atoms with Crippen molar-refractivity contribution in [2.45, 2.75) is 25.5 Å². The standard InChI is InChI=1S/C9H11N3O3/c10-4-6-3-9(12(13)14)11-5-8(6)15-7-1-2-7/h3,5,7H,1-2,4,10H2. The highest BCUT2D eigenvalue weighted by Crippen LogP contribution is 2.29. The SMILES string of the molecule is NCc1cc([N+](=O)[O-])ncc1OC1CC1. The molecule has 2 N–H and O–H groups in total. The van der Waals surface area contributed by atoms with Crippen molar-refractivity contribution < 1.29 is 9.66 Å². The van der Waals surface area contributed by atoms with Crippen LogP contribution in [0.4, 0.5) is 5.82 Å². The van der Waals surface area contributed by atoms with Crippen LogP contribution in [-0.4, -0.2) is 16.0 Å². The monoisotopic (exact) mass is 209 g/mol. The first kappa shape index (κ1) is 9.85. The molecular formula is C9H11N3O3. The van der Waals surface area contributed by atoms with E-state index in [2.05, 4.69) is 4.98 Å². The maximum atomic E-state index is 10.5. The molecule has 15 heavy (non-hydrogen) atoms. The zero-order chi connectivity index (χ0) is 10.8. The third-order valence-electron chi connectivity index (χ3n) is 2.16. The Balaban J connectivity index is 2.25. The first-order valence-electron chi connectivity index (χ1n) is 4.70. The molecule has 1 aliphatic rings. The highest BCUT2D eigenvalue weighted by Gasteiger charge is 2.25. The molecule has 6 heteroatoms. The molecule has 0 radical (unpaired) electrons. The number of pyridine rings is 1. The lowest BCUT2D eigenvalue weighted by atomic mass is 10.2. The molecule has 0 unspecified atom stereocenters. The van der Waals surface area contributed by atoms with Crippen LogP contribution in [0.15, 0.2) is 12.3 Å². The summed E-state index contributed by atoms with van der Waals surface area (Å²) in [6.45, 7) is 0.214. The van der Waals surface area contributed by atoms with Gasteiger partial charge in [0.05, 0.1) is 6.10 Å². The van der Waals surface area contributed by atoms with Gasteiger partial charge in [-0.1, -0.05) is 0 Å². The molecule has 80 valence electrons. The Kier molecular flexibility index (Phi) is 2.51. The van der Waals surface area contributed by atoms with Gasteiger partial charge in [0.25, 0.3) is 0 Å². The normalized spacial score (nSPS) is 15.0. The van der Waals surface area contributed by atoms with Crippen LogP contribution >= 0.6 is 0 Å². The fourth-order valence-electron chi connectivity index (χ4n) is 1.20. The average molecular weight is 209 g/mol. The second-order valence-corrected chi connectivity index (χ2v) is 3.43. The summed E-state index contributed by atoms with van der Waals surface area (Å²) < 4.78 is 5.52. The predicted molar refractivity (Wildman–Crippen MR) is 52.4 cm³/mol. The minimum Gasteiger partial charge on any atom is -0.486 e. The van der Waals surface area contributed by atoms with E-state index in [9.17, 15) is 10.1 Å². The molecule has 6 nitrogen and oxygen atoms in total. The number of nitrogens with two attached hydrogens (primary N) is 1. The van der Waals surface area contributed by atoms with Gasteiger partial charge in [-0.05, 0) is 22.7 Å². The minimum atomic E-state index is -0.542. The Morgan fingerprint density at radius 3 is 2.93 bits per heavy atom. The number of nitrogens with zero attached hydrogens (tertiary/aromatic N) is 2. The van der Waals surface area contributed by atoms with Crippen LogP contribution in [0.25, 0.3) is 0 Å². The number of ether oxygens (including phenoxy) is 1. The van der Waals surface area contributed by atoms with E-state index < -0.39 is 4.92 Å². The number of nitro groups is 1. The van der Waals surface area contributed by atoms with Crippen LogP contribution in [0, 0.1) is 10.1 Å². The fraction of sp³-hybridized carbons (Fsp3) is 0.444. The summed E-state index contributed by atoms with van der Waals surface area (Å²) in [5.41, 5.74) is 6.11. The smallest absolute Gasteiger partial charge is 0.363 e. The number of hydrogen-bond donors (Lipinski definition) is 1. The lowest BCUT2D eigenvalue weighted by molar-refractivity contribution is -0.389. The van der Waals surface area contributed by atoms with Crippen molar-refractivity contribution in [3.8, 4) is 5.75 Å². The van der Waals surface area contributed by atoms with Crippen LogP contribution in [0.5, 0.6) is 5.75 Å². The van der Waals surface area contributed by atoms with Crippen molar-refractivity contribution in [2.24, 2.45) is 5.73 Å². The first-order chi connectivity index (χ1) is 7.20. The Morgan fingerprint density at radius 2 is 2.40 bits per heavy atom. The fourth-order valence-corrected chi connectivity index (χ4v) is 1.20. The third kappa shape index (κ3) is 2.21.